The van der Waals surface area contributed by atoms with Crippen LogP contribution < -0.4 is 0 Å². The second kappa shape index (κ2) is 2.76. The molecular weight excluding hydrogens is 278 g/mol. The summed E-state index contributed by atoms with van der Waals surface area (Å²) in [5.41, 5.74) is 0. The lowest BCUT2D eigenvalue weighted by molar-refractivity contribution is -0.119. The molecule has 0 aliphatic heterocycles. The predicted octanol–water partition coefficient (Wildman–Crippen LogP) is 3.42. The van der Waals surface area contributed by atoms with E-state index in [1.807, 2.05) is 12.2 Å². The Labute approximate surface area is 107 Å². The van der Waals surface area contributed by atoms with Gasteiger partial charge in [-0.2, -0.15) is 0 Å². The van der Waals surface area contributed by atoms with Gasteiger partial charge in [0.15, 0.2) is 5.78 Å². The van der Waals surface area contributed by atoms with Crippen LogP contribution in [0.15, 0.2) is 22.2 Å². The van der Waals surface area contributed by atoms with Gasteiger partial charge >= 0.3 is 0 Å². The minimum atomic E-state index is -1.21. The number of alkyl halides is 2. The average molecular weight is 284 g/mol. The van der Waals surface area contributed by atoms with Crippen LogP contribution in [-0.4, -0.2) is 15.5 Å². The van der Waals surface area contributed by atoms with Crippen LogP contribution in [0.5, 0.6) is 0 Å². The summed E-state index contributed by atoms with van der Waals surface area (Å²) < 4.78 is 0. The molecule has 4 atom stereocenters. The first-order valence-electron chi connectivity index (χ1n) is 4.60. The van der Waals surface area contributed by atoms with Gasteiger partial charge in [0, 0.05) is 11.8 Å². The molecule has 80 valence electrons. The summed E-state index contributed by atoms with van der Waals surface area (Å²) in [7, 11) is 0. The van der Waals surface area contributed by atoms with Gasteiger partial charge in [0.05, 0.1) is 10.1 Å². The Balaban J connectivity index is 2.30. The Morgan fingerprint density at radius 2 is 1.80 bits per heavy atom. The molecule has 2 bridgehead atoms. The topological polar surface area (TPSA) is 17.1 Å². The Hall–Kier alpha value is 0.310. The van der Waals surface area contributed by atoms with Crippen molar-refractivity contribution in [2.45, 2.75) is 16.2 Å². The first-order chi connectivity index (χ1) is 6.95. The lowest BCUT2D eigenvalue weighted by Gasteiger charge is -2.30. The molecular formula is C10H6Cl4O. The molecule has 0 spiro atoms. The summed E-state index contributed by atoms with van der Waals surface area (Å²) in [6.45, 7) is 0. The van der Waals surface area contributed by atoms with Crippen molar-refractivity contribution in [2.75, 3.05) is 0 Å². The summed E-state index contributed by atoms with van der Waals surface area (Å²) >= 11 is 24.7. The van der Waals surface area contributed by atoms with Gasteiger partial charge in [-0.3, -0.25) is 4.79 Å². The van der Waals surface area contributed by atoms with Crippen molar-refractivity contribution >= 4 is 52.2 Å². The molecule has 1 nitrogen and oxygen atoms in total. The number of rotatable bonds is 0. The predicted molar refractivity (Wildman–Crippen MR) is 61.6 cm³/mol. The molecule has 3 aliphatic rings. The van der Waals surface area contributed by atoms with E-state index in [0.29, 0.717) is 0 Å². The minimum absolute atomic E-state index is 0.0424. The molecule has 1 saturated carbocycles. The van der Waals surface area contributed by atoms with Crippen LogP contribution in [0.4, 0.5) is 0 Å². The van der Waals surface area contributed by atoms with E-state index in [-0.39, 0.29) is 27.7 Å². The van der Waals surface area contributed by atoms with Crippen molar-refractivity contribution in [1.82, 2.24) is 0 Å². The fraction of sp³-hybridized carbons (Fsp3) is 0.500. The number of fused-ring (bicyclic) bond motifs is 5. The Kier molecular flexibility index (Phi) is 1.92. The highest BCUT2D eigenvalue weighted by molar-refractivity contribution is 6.62. The first-order valence-corrected chi connectivity index (χ1v) is 6.12. The summed E-state index contributed by atoms with van der Waals surface area (Å²) in [6.07, 6.45) is 4.63. The SMILES string of the molecule is O=C1[C@@]2(Cl)C(Cl)=C(Cl)[C@@]1(Cl)[C@H]1CC=C[C@@H]12. The average Bonchev–Trinajstić information content (AvgIpc) is 2.79. The summed E-state index contributed by atoms with van der Waals surface area (Å²) in [4.78, 5) is 9.74. The maximum absolute atomic E-state index is 12.1. The van der Waals surface area contributed by atoms with Gasteiger partial charge in [0.1, 0.15) is 9.75 Å². The summed E-state index contributed by atoms with van der Waals surface area (Å²) in [6, 6.07) is 0. The highest BCUT2D eigenvalue weighted by Gasteiger charge is 2.74. The number of ketones is 1. The summed E-state index contributed by atoms with van der Waals surface area (Å²) in [5.74, 6) is -0.411. The second-order valence-corrected chi connectivity index (χ2v) is 6.13. The molecule has 15 heavy (non-hydrogen) atoms. The first kappa shape index (κ1) is 10.5. The fourth-order valence-corrected chi connectivity index (χ4v) is 4.70. The quantitative estimate of drug-likeness (QED) is 0.492. The standard InChI is InChI=1S/C10H6Cl4O/c11-6-7(12)10(14)5-3-1-2-4(5)9(6,13)8(10)15/h1-2,4-5H,3H2/t4-,5-,9-,10-/m0/s1. The van der Waals surface area contributed by atoms with Crippen LogP contribution in [0.3, 0.4) is 0 Å². The lowest BCUT2D eigenvalue weighted by atomic mass is 9.84. The van der Waals surface area contributed by atoms with Gasteiger partial charge < -0.3 is 0 Å². The van der Waals surface area contributed by atoms with E-state index in [0.717, 1.165) is 6.42 Å². The van der Waals surface area contributed by atoms with Crippen molar-refractivity contribution in [1.29, 1.82) is 0 Å². The largest absolute Gasteiger partial charge is 0.295 e. The number of allylic oxidation sites excluding steroid dienone is 4. The van der Waals surface area contributed by atoms with Gasteiger partial charge in [-0.15, -0.1) is 23.2 Å². The van der Waals surface area contributed by atoms with E-state index < -0.39 is 9.75 Å². The molecule has 1 fully saturated rings. The highest BCUT2D eigenvalue weighted by atomic mass is 35.5. The van der Waals surface area contributed by atoms with Crippen molar-refractivity contribution in [3.63, 3.8) is 0 Å². The van der Waals surface area contributed by atoms with Crippen molar-refractivity contribution in [3.05, 3.63) is 22.2 Å². The molecule has 0 amide bonds. The molecule has 3 aliphatic carbocycles. The second-order valence-electron chi connectivity index (χ2n) is 4.18. The van der Waals surface area contributed by atoms with Crippen LogP contribution in [0.1, 0.15) is 6.42 Å². The van der Waals surface area contributed by atoms with E-state index in [2.05, 4.69) is 0 Å². The molecule has 3 rings (SSSR count). The van der Waals surface area contributed by atoms with Gasteiger partial charge in [-0.25, -0.2) is 0 Å². The number of hydrogen-bond donors (Lipinski definition) is 0. The van der Waals surface area contributed by atoms with Crippen molar-refractivity contribution in [3.8, 4) is 0 Å². The molecule has 0 aromatic rings. The smallest absolute Gasteiger partial charge is 0.186 e. The zero-order chi connectivity index (χ0) is 11.0. The van der Waals surface area contributed by atoms with Crippen LogP contribution >= 0.6 is 46.4 Å². The van der Waals surface area contributed by atoms with E-state index in [9.17, 15) is 4.79 Å². The zero-order valence-corrected chi connectivity index (χ0v) is 10.5. The minimum Gasteiger partial charge on any atom is -0.295 e. The maximum atomic E-state index is 12.1. The molecule has 0 saturated heterocycles. The third-order valence-electron chi connectivity index (χ3n) is 3.63. The molecule has 0 aromatic carbocycles. The van der Waals surface area contributed by atoms with Crippen molar-refractivity contribution < 1.29 is 4.79 Å². The Morgan fingerprint density at radius 1 is 1.20 bits per heavy atom. The molecule has 5 heteroatoms. The Morgan fingerprint density at radius 3 is 2.47 bits per heavy atom. The Bertz CT molecular complexity index is 441. The molecule has 0 radical (unpaired) electrons. The van der Waals surface area contributed by atoms with Crippen LogP contribution in [0, 0.1) is 11.8 Å². The third kappa shape index (κ3) is 0.857. The number of carbonyl (C=O) groups is 1. The normalized spacial score (nSPS) is 51.9. The molecule has 0 N–H and O–H groups in total. The molecule has 0 unspecified atom stereocenters. The van der Waals surface area contributed by atoms with E-state index >= 15 is 0 Å². The zero-order valence-electron chi connectivity index (χ0n) is 7.44. The number of halogens is 4. The number of hydrogen-bond acceptors (Lipinski definition) is 1. The lowest BCUT2D eigenvalue weighted by Crippen LogP contribution is -2.33. The molecule has 0 aromatic heterocycles. The van der Waals surface area contributed by atoms with E-state index in [4.69, 9.17) is 46.4 Å². The van der Waals surface area contributed by atoms with E-state index in [1.54, 1.807) is 0 Å². The molecule has 0 heterocycles. The van der Waals surface area contributed by atoms with Gasteiger partial charge in [-0.1, -0.05) is 35.4 Å². The van der Waals surface area contributed by atoms with E-state index in [1.165, 1.54) is 0 Å². The third-order valence-corrected chi connectivity index (χ3v) is 6.15. The fourth-order valence-electron chi connectivity index (χ4n) is 2.88. The van der Waals surface area contributed by atoms with Crippen LogP contribution in [-0.2, 0) is 4.79 Å². The number of Topliss-reactive ketones (excluding diaryl/α,β-unsaturated/α-hetero) is 1. The maximum Gasteiger partial charge on any atom is 0.186 e. The monoisotopic (exact) mass is 282 g/mol. The highest BCUT2D eigenvalue weighted by Crippen LogP contribution is 2.67. The van der Waals surface area contributed by atoms with Gasteiger partial charge in [0.2, 0.25) is 0 Å². The van der Waals surface area contributed by atoms with Crippen LogP contribution in [0.2, 0.25) is 0 Å². The number of carbonyl (C=O) groups excluding carboxylic acids is 1. The van der Waals surface area contributed by atoms with Crippen LogP contribution in [0.25, 0.3) is 0 Å². The van der Waals surface area contributed by atoms with Crippen molar-refractivity contribution in [2.24, 2.45) is 11.8 Å². The van der Waals surface area contributed by atoms with Gasteiger partial charge in [-0.05, 0) is 6.42 Å². The van der Waals surface area contributed by atoms with Gasteiger partial charge in [0.25, 0.3) is 0 Å². The summed E-state index contributed by atoms with van der Waals surface area (Å²) in [5, 5.41) is 0.425.